The van der Waals surface area contributed by atoms with Crippen molar-refractivity contribution in [3.8, 4) is 0 Å². The number of nitrogens with zero attached hydrogens (tertiary/aromatic N) is 9. The monoisotopic (exact) mass is 325 g/mol. The molecule has 0 bridgehead atoms. The fraction of sp³-hybridized carbons (Fsp3) is 0.467. The van der Waals surface area contributed by atoms with Gasteiger partial charge in [-0.3, -0.25) is 0 Å². The first-order chi connectivity index (χ1) is 11.7. The first kappa shape index (κ1) is 14.7. The van der Waals surface area contributed by atoms with Crippen molar-refractivity contribution in [2.45, 2.75) is 25.8 Å². The van der Waals surface area contributed by atoms with Gasteiger partial charge in [-0.15, -0.1) is 19.9 Å². The van der Waals surface area contributed by atoms with E-state index in [0.717, 1.165) is 43.3 Å². The molecule has 0 spiro atoms. The zero-order valence-corrected chi connectivity index (χ0v) is 13.7. The van der Waals surface area contributed by atoms with E-state index < -0.39 is 0 Å². The zero-order valence-electron chi connectivity index (χ0n) is 13.7. The summed E-state index contributed by atoms with van der Waals surface area (Å²) in [5.41, 5.74) is 1.58. The lowest BCUT2D eigenvalue weighted by Crippen LogP contribution is -2.47. The Balaban J connectivity index is 1.53. The summed E-state index contributed by atoms with van der Waals surface area (Å²) in [6.45, 7) is 3.84. The predicted molar refractivity (Wildman–Crippen MR) is 89.0 cm³/mol. The number of rotatable bonds is 3. The lowest BCUT2D eigenvalue weighted by molar-refractivity contribution is 0.480. The number of aromatic nitrogens is 7. The molecule has 1 atom stereocenters. The normalized spacial score (nSPS) is 18.1. The van der Waals surface area contributed by atoms with E-state index in [2.05, 4.69) is 47.7 Å². The number of aryl methyl sites for hydroxylation is 1. The third-order valence-electron chi connectivity index (χ3n) is 4.47. The lowest BCUT2D eigenvalue weighted by Gasteiger charge is -2.38. The molecule has 3 aromatic heterocycles. The van der Waals surface area contributed by atoms with E-state index in [0.29, 0.717) is 11.7 Å². The maximum absolute atomic E-state index is 4.48. The molecule has 1 saturated heterocycles. The summed E-state index contributed by atoms with van der Waals surface area (Å²) in [6.07, 6.45) is 2.22. The van der Waals surface area contributed by atoms with E-state index in [9.17, 15) is 0 Å². The Labute approximate surface area is 139 Å². The van der Waals surface area contributed by atoms with E-state index in [4.69, 9.17) is 0 Å². The Morgan fingerprint density at radius 1 is 1.12 bits per heavy atom. The second kappa shape index (κ2) is 5.99. The summed E-state index contributed by atoms with van der Waals surface area (Å²) >= 11 is 0. The molecule has 1 unspecified atom stereocenters. The molecule has 3 aromatic rings. The minimum Gasteiger partial charge on any atom is -0.353 e. The summed E-state index contributed by atoms with van der Waals surface area (Å²) < 4.78 is 1.46. The average Bonchev–Trinajstić information content (AvgIpc) is 3.09. The maximum Gasteiger partial charge on any atom is 0.200 e. The molecular formula is C15H19N9. The van der Waals surface area contributed by atoms with E-state index in [1.807, 2.05) is 31.2 Å². The van der Waals surface area contributed by atoms with Crippen LogP contribution in [0.1, 0.15) is 18.5 Å². The van der Waals surface area contributed by atoms with Crippen LogP contribution in [-0.2, 0) is 0 Å². The van der Waals surface area contributed by atoms with Gasteiger partial charge < -0.3 is 9.80 Å². The number of likely N-dealkylation sites (N-methyl/N-ethyl adjacent to an activating group) is 1. The van der Waals surface area contributed by atoms with Crippen LogP contribution in [0.2, 0.25) is 0 Å². The van der Waals surface area contributed by atoms with E-state index in [1.54, 1.807) is 0 Å². The van der Waals surface area contributed by atoms with Gasteiger partial charge in [0.05, 0.1) is 5.69 Å². The highest BCUT2D eigenvalue weighted by molar-refractivity contribution is 5.46. The largest absolute Gasteiger partial charge is 0.353 e. The number of fused-ring (bicyclic) bond motifs is 1. The van der Waals surface area contributed by atoms with Crippen LogP contribution >= 0.6 is 0 Å². The molecule has 1 fully saturated rings. The average molecular weight is 325 g/mol. The highest BCUT2D eigenvalue weighted by Crippen LogP contribution is 2.22. The maximum atomic E-state index is 4.48. The smallest absolute Gasteiger partial charge is 0.200 e. The van der Waals surface area contributed by atoms with Gasteiger partial charge in [0.1, 0.15) is 0 Å². The molecule has 1 aliphatic heterocycles. The van der Waals surface area contributed by atoms with Crippen LogP contribution in [0.25, 0.3) is 5.65 Å². The van der Waals surface area contributed by atoms with Gasteiger partial charge in [-0.25, -0.2) is 0 Å². The zero-order chi connectivity index (χ0) is 16.5. The molecule has 124 valence electrons. The van der Waals surface area contributed by atoms with Crippen molar-refractivity contribution in [2.75, 3.05) is 29.9 Å². The van der Waals surface area contributed by atoms with Crippen molar-refractivity contribution >= 4 is 17.3 Å². The number of piperidine rings is 1. The highest BCUT2D eigenvalue weighted by Gasteiger charge is 2.25. The summed E-state index contributed by atoms with van der Waals surface area (Å²) in [4.78, 5) is 4.47. The van der Waals surface area contributed by atoms with Crippen LogP contribution in [0.5, 0.6) is 0 Å². The lowest BCUT2D eigenvalue weighted by atomic mass is 10.0. The Morgan fingerprint density at radius 3 is 2.88 bits per heavy atom. The van der Waals surface area contributed by atoms with Gasteiger partial charge in [0.15, 0.2) is 17.3 Å². The number of hydrogen-bond acceptors (Lipinski definition) is 8. The fourth-order valence-corrected chi connectivity index (χ4v) is 3.05. The Hall–Kier alpha value is -2.84. The summed E-state index contributed by atoms with van der Waals surface area (Å²) in [7, 11) is 2.06. The molecule has 1 aliphatic rings. The third kappa shape index (κ3) is 2.72. The Bertz CT molecular complexity index is 828. The van der Waals surface area contributed by atoms with Gasteiger partial charge in [0, 0.05) is 26.2 Å². The van der Waals surface area contributed by atoms with Gasteiger partial charge in [0.2, 0.25) is 0 Å². The van der Waals surface area contributed by atoms with Gasteiger partial charge in [-0.1, -0.05) is 0 Å². The minimum atomic E-state index is 0.350. The number of anilines is 2. The molecule has 0 saturated carbocycles. The first-order valence-electron chi connectivity index (χ1n) is 8.04. The Kier molecular flexibility index (Phi) is 3.68. The number of hydrogen-bond donors (Lipinski definition) is 0. The van der Waals surface area contributed by atoms with Crippen molar-refractivity contribution in [1.82, 2.24) is 35.5 Å². The van der Waals surface area contributed by atoms with Crippen molar-refractivity contribution in [1.29, 1.82) is 0 Å². The quantitative estimate of drug-likeness (QED) is 0.696. The molecule has 9 heteroatoms. The molecule has 0 aromatic carbocycles. The third-order valence-corrected chi connectivity index (χ3v) is 4.47. The molecule has 4 heterocycles. The first-order valence-corrected chi connectivity index (χ1v) is 8.04. The van der Waals surface area contributed by atoms with Crippen molar-refractivity contribution in [3.63, 3.8) is 0 Å². The molecule has 9 nitrogen and oxygen atoms in total. The molecule has 4 rings (SSSR count). The SMILES string of the molecule is Cc1ccc(N2CCCC(N(C)c3ccc4nnnn4n3)C2)nn1. The second-order valence-corrected chi connectivity index (χ2v) is 6.10. The second-order valence-electron chi connectivity index (χ2n) is 6.10. The van der Waals surface area contributed by atoms with Crippen LogP contribution in [0.3, 0.4) is 0 Å². The fourth-order valence-electron chi connectivity index (χ4n) is 3.05. The molecule has 0 aliphatic carbocycles. The Morgan fingerprint density at radius 2 is 2.04 bits per heavy atom. The van der Waals surface area contributed by atoms with Gasteiger partial charge in [-0.05, 0) is 54.5 Å². The van der Waals surface area contributed by atoms with Crippen molar-refractivity contribution < 1.29 is 0 Å². The highest BCUT2D eigenvalue weighted by atomic mass is 15.6. The molecule has 24 heavy (non-hydrogen) atoms. The molecule has 0 N–H and O–H groups in total. The summed E-state index contributed by atoms with van der Waals surface area (Å²) in [5.74, 6) is 1.79. The summed E-state index contributed by atoms with van der Waals surface area (Å²) in [5, 5.41) is 24.3. The van der Waals surface area contributed by atoms with E-state index in [1.165, 1.54) is 4.63 Å². The van der Waals surface area contributed by atoms with Crippen molar-refractivity contribution in [2.24, 2.45) is 0 Å². The van der Waals surface area contributed by atoms with E-state index >= 15 is 0 Å². The molecule has 0 amide bonds. The standard InChI is InChI=1S/C15H19N9/c1-11-5-6-13(17-16-11)23-9-3-4-12(10-23)22(2)15-8-7-14-18-20-21-24(14)19-15/h5-8,12H,3-4,9-10H2,1-2H3. The van der Waals surface area contributed by atoms with E-state index in [-0.39, 0.29) is 0 Å². The minimum absolute atomic E-state index is 0.350. The van der Waals surface area contributed by atoms with Crippen LogP contribution in [0.4, 0.5) is 11.6 Å². The van der Waals surface area contributed by atoms with Crippen LogP contribution in [0.15, 0.2) is 24.3 Å². The van der Waals surface area contributed by atoms with Crippen molar-refractivity contribution in [3.05, 3.63) is 30.0 Å². The van der Waals surface area contributed by atoms with Gasteiger partial charge in [0.25, 0.3) is 0 Å². The van der Waals surface area contributed by atoms with Gasteiger partial charge in [-0.2, -0.15) is 5.10 Å². The molecular weight excluding hydrogens is 306 g/mol. The van der Waals surface area contributed by atoms with Gasteiger partial charge >= 0.3 is 0 Å². The molecule has 0 radical (unpaired) electrons. The van der Waals surface area contributed by atoms with Crippen LogP contribution < -0.4 is 9.80 Å². The predicted octanol–water partition coefficient (Wildman–Crippen LogP) is 0.723. The van der Waals surface area contributed by atoms with Crippen LogP contribution in [0, 0.1) is 6.92 Å². The van der Waals surface area contributed by atoms with Crippen LogP contribution in [-0.4, -0.2) is 61.6 Å². The number of tetrazole rings is 1. The topological polar surface area (TPSA) is 88.2 Å². The summed E-state index contributed by atoms with van der Waals surface area (Å²) in [6, 6.07) is 8.23.